The first-order valence-corrected chi connectivity index (χ1v) is 11.2. The van der Waals surface area contributed by atoms with Gasteiger partial charge in [-0.2, -0.15) is 5.21 Å². The summed E-state index contributed by atoms with van der Waals surface area (Å²) in [5.74, 6) is 1.02. The molecule has 0 amide bonds. The SMILES string of the molecule is CCCCCC(C)(O)CC[C@@H]1[C@@H](CCCCCCc2nn[nH]n2)[C@@H](O)C[C@H]1O. The highest BCUT2D eigenvalue weighted by atomic mass is 16.3. The molecule has 1 fully saturated rings. The Kier molecular flexibility index (Phi) is 9.82. The fourth-order valence-electron chi connectivity index (χ4n) is 4.64. The molecule has 1 aromatic heterocycles. The molecule has 5 atom stereocenters. The van der Waals surface area contributed by atoms with Crippen molar-refractivity contribution < 1.29 is 15.3 Å². The zero-order valence-electron chi connectivity index (χ0n) is 17.7. The molecule has 1 aliphatic rings. The summed E-state index contributed by atoms with van der Waals surface area (Å²) in [4.78, 5) is 0. The second-order valence-corrected chi connectivity index (χ2v) is 8.97. The van der Waals surface area contributed by atoms with Gasteiger partial charge in [-0.3, -0.25) is 0 Å². The van der Waals surface area contributed by atoms with E-state index in [9.17, 15) is 15.3 Å². The highest BCUT2D eigenvalue weighted by Crippen LogP contribution is 2.40. The lowest BCUT2D eigenvalue weighted by molar-refractivity contribution is 0.0185. The van der Waals surface area contributed by atoms with Crippen molar-refractivity contribution in [3.63, 3.8) is 0 Å². The molecule has 1 saturated carbocycles. The van der Waals surface area contributed by atoms with Crippen molar-refractivity contribution in [1.82, 2.24) is 20.6 Å². The van der Waals surface area contributed by atoms with E-state index in [0.717, 1.165) is 76.5 Å². The van der Waals surface area contributed by atoms with E-state index in [4.69, 9.17) is 0 Å². The molecule has 0 aliphatic heterocycles. The third-order valence-electron chi connectivity index (χ3n) is 6.43. The zero-order valence-corrected chi connectivity index (χ0v) is 17.7. The van der Waals surface area contributed by atoms with Crippen molar-refractivity contribution in [3.8, 4) is 0 Å². The number of aromatic nitrogens is 4. The number of aryl methyl sites for hydroxylation is 1. The predicted octanol–water partition coefficient (Wildman–Crippen LogP) is 3.16. The Morgan fingerprint density at radius 1 is 0.964 bits per heavy atom. The first-order chi connectivity index (χ1) is 13.4. The minimum atomic E-state index is -0.665. The maximum Gasteiger partial charge on any atom is 0.174 e. The van der Waals surface area contributed by atoms with Gasteiger partial charge in [-0.25, -0.2) is 0 Å². The van der Waals surface area contributed by atoms with E-state index in [2.05, 4.69) is 27.5 Å². The molecular weight excluding hydrogens is 356 g/mol. The van der Waals surface area contributed by atoms with Gasteiger partial charge in [0.05, 0.1) is 17.8 Å². The molecule has 162 valence electrons. The van der Waals surface area contributed by atoms with Crippen LogP contribution >= 0.6 is 0 Å². The van der Waals surface area contributed by atoms with Gasteiger partial charge in [0.25, 0.3) is 0 Å². The number of aromatic amines is 1. The molecule has 1 aromatic rings. The summed E-state index contributed by atoms with van der Waals surface area (Å²) < 4.78 is 0. The minimum absolute atomic E-state index is 0.104. The maximum absolute atomic E-state index is 10.6. The fraction of sp³-hybridized carbons (Fsp3) is 0.952. The zero-order chi connectivity index (χ0) is 20.4. The number of rotatable bonds is 14. The molecule has 7 nitrogen and oxygen atoms in total. The van der Waals surface area contributed by atoms with Gasteiger partial charge in [0, 0.05) is 6.42 Å². The van der Waals surface area contributed by atoms with Crippen LogP contribution in [0.5, 0.6) is 0 Å². The Morgan fingerprint density at radius 3 is 2.36 bits per heavy atom. The number of tetrazole rings is 1. The lowest BCUT2D eigenvalue weighted by atomic mass is 9.82. The van der Waals surface area contributed by atoms with Crippen molar-refractivity contribution in [2.75, 3.05) is 0 Å². The maximum atomic E-state index is 10.6. The topological polar surface area (TPSA) is 115 Å². The molecule has 0 bridgehead atoms. The molecule has 7 heteroatoms. The number of aliphatic hydroxyl groups is 3. The van der Waals surface area contributed by atoms with Gasteiger partial charge in [0.15, 0.2) is 5.82 Å². The standard InChI is InChI=1S/C21H40N4O3/c1-3-4-9-13-21(2,28)14-12-17-16(18(26)15-19(17)27)10-7-5-6-8-11-20-22-24-25-23-20/h16-19,26-28H,3-15H2,1-2H3,(H,22,23,24,25)/t16-,17-,18+,19-,21?/m1/s1. The number of nitrogens with one attached hydrogen (secondary N) is 1. The highest BCUT2D eigenvalue weighted by Gasteiger charge is 2.41. The van der Waals surface area contributed by atoms with Gasteiger partial charge in [0.2, 0.25) is 0 Å². The van der Waals surface area contributed by atoms with Gasteiger partial charge in [-0.15, -0.1) is 10.2 Å². The van der Waals surface area contributed by atoms with Crippen molar-refractivity contribution in [2.24, 2.45) is 11.8 Å². The first-order valence-electron chi connectivity index (χ1n) is 11.2. The van der Waals surface area contributed by atoms with Gasteiger partial charge in [0.1, 0.15) is 0 Å². The summed E-state index contributed by atoms with van der Waals surface area (Å²) in [5.41, 5.74) is -0.665. The van der Waals surface area contributed by atoms with Gasteiger partial charge in [-0.05, 0) is 57.3 Å². The third kappa shape index (κ3) is 7.76. The average Bonchev–Trinajstić information content (AvgIpc) is 3.24. The quantitative estimate of drug-likeness (QED) is 0.359. The van der Waals surface area contributed by atoms with Crippen LogP contribution in [0.2, 0.25) is 0 Å². The van der Waals surface area contributed by atoms with Crippen LogP contribution in [-0.2, 0) is 6.42 Å². The van der Waals surface area contributed by atoms with Crippen LogP contribution in [0.1, 0.15) is 96.7 Å². The number of aliphatic hydroxyl groups excluding tert-OH is 2. The fourth-order valence-corrected chi connectivity index (χ4v) is 4.64. The minimum Gasteiger partial charge on any atom is -0.393 e. The second-order valence-electron chi connectivity index (χ2n) is 8.97. The molecule has 0 aromatic carbocycles. The van der Waals surface area contributed by atoms with Gasteiger partial charge < -0.3 is 15.3 Å². The van der Waals surface area contributed by atoms with Crippen molar-refractivity contribution in [3.05, 3.63) is 5.82 Å². The van der Waals surface area contributed by atoms with E-state index in [-0.39, 0.29) is 11.8 Å². The van der Waals surface area contributed by atoms with Crippen LogP contribution in [-0.4, -0.2) is 53.8 Å². The number of hydrogen-bond donors (Lipinski definition) is 4. The summed E-state index contributed by atoms with van der Waals surface area (Å²) in [6, 6.07) is 0. The lowest BCUT2D eigenvalue weighted by Crippen LogP contribution is -2.29. The van der Waals surface area contributed by atoms with Gasteiger partial charge >= 0.3 is 0 Å². The Morgan fingerprint density at radius 2 is 1.68 bits per heavy atom. The van der Waals surface area contributed by atoms with Crippen LogP contribution in [0.3, 0.4) is 0 Å². The van der Waals surface area contributed by atoms with E-state index in [1.54, 1.807) is 0 Å². The molecule has 1 unspecified atom stereocenters. The Labute approximate surface area is 169 Å². The Balaban J connectivity index is 1.68. The predicted molar refractivity (Wildman–Crippen MR) is 109 cm³/mol. The van der Waals surface area contributed by atoms with E-state index >= 15 is 0 Å². The number of H-pyrrole nitrogens is 1. The summed E-state index contributed by atoms with van der Waals surface area (Å²) in [6.07, 6.45) is 11.4. The van der Waals surface area contributed by atoms with Gasteiger partial charge in [-0.1, -0.05) is 50.7 Å². The molecule has 0 spiro atoms. The lowest BCUT2D eigenvalue weighted by Gasteiger charge is -2.29. The number of unbranched alkanes of at least 4 members (excludes halogenated alkanes) is 5. The Bertz CT molecular complexity index is 524. The largest absolute Gasteiger partial charge is 0.393 e. The summed E-state index contributed by atoms with van der Waals surface area (Å²) in [5, 5.41) is 45.4. The van der Waals surface area contributed by atoms with Crippen LogP contribution in [0.15, 0.2) is 0 Å². The molecule has 1 heterocycles. The number of nitrogens with zero attached hydrogens (tertiary/aromatic N) is 3. The molecule has 4 N–H and O–H groups in total. The highest BCUT2D eigenvalue weighted by molar-refractivity contribution is 4.92. The summed E-state index contributed by atoms with van der Waals surface area (Å²) in [7, 11) is 0. The van der Waals surface area contributed by atoms with Crippen LogP contribution in [0.25, 0.3) is 0 Å². The van der Waals surface area contributed by atoms with Crippen molar-refractivity contribution in [2.45, 2.75) is 115 Å². The van der Waals surface area contributed by atoms with E-state index < -0.39 is 17.8 Å². The molecule has 2 rings (SSSR count). The Hall–Kier alpha value is -1.05. The summed E-state index contributed by atoms with van der Waals surface area (Å²) >= 11 is 0. The normalized spacial score (nSPS) is 27.2. The molecule has 28 heavy (non-hydrogen) atoms. The van der Waals surface area contributed by atoms with Crippen LogP contribution in [0.4, 0.5) is 0 Å². The van der Waals surface area contributed by atoms with Crippen molar-refractivity contribution >= 4 is 0 Å². The third-order valence-corrected chi connectivity index (χ3v) is 6.43. The van der Waals surface area contributed by atoms with E-state index in [1.165, 1.54) is 0 Å². The second kappa shape index (κ2) is 11.8. The van der Waals surface area contributed by atoms with E-state index in [1.807, 2.05) is 6.92 Å². The summed E-state index contributed by atoms with van der Waals surface area (Å²) in [6.45, 7) is 4.08. The average molecular weight is 397 g/mol. The molecule has 0 saturated heterocycles. The molecule has 1 aliphatic carbocycles. The molecule has 0 radical (unpaired) electrons. The first kappa shape index (κ1) is 23.2. The monoisotopic (exact) mass is 396 g/mol. The smallest absolute Gasteiger partial charge is 0.174 e. The van der Waals surface area contributed by atoms with E-state index in [0.29, 0.717) is 12.8 Å². The van der Waals surface area contributed by atoms with Crippen LogP contribution in [0, 0.1) is 11.8 Å². The van der Waals surface area contributed by atoms with Crippen LogP contribution < -0.4 is 0 Å². The van der Waals surface area contributed by atoms with Crippen molar-refractivity contribution in [1.29, 1.82) is 0 Å². The number of hydrogen-bond acceptors (Lipinski definition) is 6. The molecular formula is C21H40N4O3.